The molecule has 0 bridgehead atoms. The lowest BCUT2D eigenvalue weighted by Gasteiger charge is -2.10. The van der Waals surface area contributed by atoms with Gasteiger partial charge in [-0.25, -0.2) is 4.98 Å². The Labute approximate surface area is 205 Å². The molecule has 0 saturated carbocycles. The van der Waals surface area contributed by atoms with Crippen molar-refractivity contribution in [3.05, 3.63) is 65.4 Å². The number of allylic oxidation sites excluding steroid dienone is 1. The summed E-state index contributed by atoms with van der Waals surface area (Å²) < 4.78 is 5.89. The van der Waals surface area contributed by atoms with Crippen LogP contribution in [0.1, 0.15) is 36.1 Å². The van der Waals surface area contributed by atoms with E-state index in [1.54, 1.807) is 0 Å². The standard InChI is InChI=1S/C28H31N5O2/c1-33(2)16-3-17-35-23-8-4-20(5-9-23)28-30-26(19-12-14-29-15-13-19)27(31-28)22-6-10-24-21(18-22)7-11-25(24)32-34/h4-6,8-10,12,14,18,34H,3,7,11,13,15-17H2,1-2H3,(H,30,31)/b32-25-. The number of aryl methyl sites for hydroxylation is 1. The van der Waals surface area contributed by atoms with Gasteiger partial charge in [-0.1, -0.05) is 17.3 Å². The van der Waals surface area contributed by atoms with E-state index >= 15 is 0 Å². The maximum Gasteiger partial charge on any atom is 0.138 e. The van der Waals surface area contributed by atoms with Crippen molar-refractivity contribution < 1.29 is 9.94 Å². The molecule has 0 radical (unpaired) electrons. The van der Waals surface area contributed by atoms with Crippen molar-refractivity contribution in [2.45, 2.75) is 25.7 Å². The van der Waals surface area contributed by atoms with Crippen LogP contribution in [0.2, 0.25) is 0 Å². The Morgan fingerprint density at radius 3 is 2.63 bits per heavy atom. The van der Waals surface area contributed by atoms with Crippen molar-refractivity contribution in [3.8, 4) is 28.4 Å². The molecule has 0 saturated heterocycles. The van der Waals surface area contributed by atoms with E-state index in [1.807, 2.05) is 18.3 Å². The van der Waals surface area contributed by atoms with Gasteiger partial charge in [-0.2, -0.15) is 0 Å². The molecule has 0 amide bonds. The number of hydrogen-bond donors (Lipinski definition) is 2. The zero-order valence-electron chi connectivity index (χ0n) is 20.3. The Balaban J connectivity index is 1.44. The Morgan fingerprint density at radius 2 is 1.89 bits per heavy atom. The lowest BCUT2D eigenvalue weighted by atomic mass is 9.99. The molecule has 0 unspecified atom stereocenters. The highest BCUT2D eigenvalue weighted by molar-refractivity contribution is 6.04. The van der Waals surface area contributed by atoms with E-state index in [9.17, 15) is 5.21 Å². The van der Waals surface area contributed by atoms with Gasteiger partial charge in [0.05, 0.1) is 23.7 Å². The molecular weight excluding hydrogens is 438 g/mol. The second-order valence-corrected chi connectivity index (χ2v) is 9.25. The lowest BCUT2D eigenvalue weighted by molar-refractivity contribution is 0.281. The Kier molecular flexibility index (Phi) is 6.77. The Hall–Kier alpha value is -3.71. The van der Waals surface area contributed by atoms with Crippen LogP contribution in [0.15, 0.2) is 58.7 Å². The number of nitrogens with zero attached hydrogens (tertiary/aromatic N) is 4. The molecule has 7 nitrogen and oxygen atoms in total. The number of aliphatic imine (C=N–C) groups is 1. The summed E-state index contributed by atoms with van der Waals surface area (Å²) in [5.41, 5.74) is 8.23. The molecule has 0 atom stereocenters. The molecule has 0 fully saturated rings. The molecule has 3 aromatic rings. The highest BCUT2D eigenvalue weighted by Gasteiger charge is 2.22. The molecule has 2 N–H and O–H groups in total. The molecule has 2 aliphatic rings. The summed E-state index contributed by atoms with van der Waals surface area (Å²) in [6, 6.07) is 14.4. The van der Waals surface area contributed by atoms with Gasteiger partial charge in [-0.15, -0.1) is 0 Å². The van der Waals surface area contributed by atoms with Crippen LogP contribution in [-0.4, -0.2) is 65.8 Å². The first-order chi connectivity index (χ1) is 17.1. The number of fused-ring (bicyclic) bond motifs is 1. The molecule has 35 heavy (non-hydrogen) atoms. The van der Waals surface area contributed by atoms with Crippen molar-refractivity contribution in [3.63, 3.8) is 0 Å². The van der Waals surface area contributed by atoms with E-state index < -0.39 is 0 Å². The first-order valence-corrected chi connectivity index (χ1v) is 12.1. The predicted octanol–water partition coefficient (Wildman–Crippen LogP) is 5.06. The molecule has 2 aromatic carbocycles. The van der Waals surface area contributed by atoms with Crippen LogP contribution in [-0.2, 0) is 6.42 Å². The zero-order chi connectivity index (χ0) is 24.2. The fourth-order valence-electron chi connectivity index (χ4n) is 4.64. The van der Waals surface area contributed by atoms with E-state index in [1.165, 1.54) is 11.1 Å². The van der Waals surface area contributed by atoms with Crippen LogP contribution < -0.4 is 4.74 Å². The average Bonchev–Trinajstić information content (AvgIpc) is 3.51. The van der Waals surface area contributed by atoms with Gasteiger partial charge < -0.3 is 19.8 Å². The number of oxime groups is 1. The van der Waals surface area contributed by atoms with Crippen LogP contribution in [0.5, 0.6) is 5.75 Å². The van der Waals surface area contributed by atoms with E-state index in [4.69, 9.17) is 9.72 Å². The molecule has 1 aromatic heterocycles. The van der Waals surface area contributed by atoms with Crippen molar-refractivity contribution >= 4 is 17.5 Å². The number of imidazole rings is 1. The summed E-state index contributed by atoms with van der Waals surface area (Å²) in [6.07, 6.45) is 7.42. The average molecular weight is 470 g/mol. The molecule has 5 rings (SSSR count). The predicted molar refractivity (Wildman–Crippen MR) is 141 cm³/mol. The Bertz CT molecular complexity index is 1290. The minimum atomic E-state index is 0.698. The van der Waals surface area contributed by atoms with Gasteiger partial charge in [0.2, 0.25) is 0 Å². The maximum atomic E-state index is 9.29. The van der Waals surface area contributed by atoms with Crippen LogP contribution >= 0.6 is 0 Å². The van der Waals surface area contributed by atoms with Gasteiger partial charge in [0.15, 0.2) is 0 Å². The number of dihydropyridines is 1. The van der Waals surface area contributed by atoms with Crippen molar-refractivity contribution in [2.75, 3.05) is 33.8 Å². The SMILES string of the molecule is CN(C)CCCOc1ccc(-c2nc(C3=CC=NCC3)c(-c3ccc4c(c3)CC/C4=N/O)[nH]2)cc1. The van der Waals surface area contributed by atoms with Gasteiger partial charge in [0, 0.05) is 36.0 Å². The summed E-state index contributed by atoms with van der Waals surface area (Å²) in [7, 11) is 4.14. The molecule has 0 spiro atoms. The summed E-state index contributed by atoms with van der Waals surface area (Å²) in [5, 5.41) is 12.8. The van der Waals surface area contributed by atoms with Crippen LogP contribution in [0, 0.1) is 0 Å². The second kappa shape index (κ2) is 10.3. The third-order valence-electron chi connectivity index (χ3n) is 6.50. The van der Waals surface area contributed by atoms with Crippen LogP contribution in [0.25, 0.3) is 28.2 Å². The number of aromatic amines is 1. The third-order valence-corrected chi connectivity index (χ3v) is 6.50. The summed E-state index contributed by atoms with van der Waals surface area (Å²) in [5.74, 6) is 1.70. The van der Waals surface area contributed by atoms with Gasteiger partial charge in [0.1, 0.15) is 11.6 Å². The number of hydrogen-bond acceptors (Lipinski definition) is 6. The number of ether oxygens (including phenoxy) is 1. The summed E-state index contributed by atoms with van der Waals surface area (Å²) >= 11 is 0. The number of benzene rings is 2. The fourth-order valence-corrected chi connectivity index (χ4v) is 4.64. The van der Waals surface area contributed by atoms with Crippen molar-refractivity contribution in [1.82, 2.24) is 14.9 Å². The highest BCUT2D eigenvalue weighted by atomic mass is 16.5. The largest absolute Gasteiger partial charge is 0.494 e. The van der Waals surface area contributed by atoms with Crippen LogP contribution in [0.3, 0.4) is 0 Å². The fraction of sp³-hybridized carbons (Fsp3) is 0.321. The third kappa shape index (κ3) is 5.05. The first-order valence-electron chi connectivity index (χ1n) is 12.1. The molecular formula is C28H31N5O2. The van der Waals surface area contributed by atoms with Gasteiger partial charge in [0.25, 0.3) is 0 Å². The smallest absolute Gasteiger partial charge is 0.138 e. The highest BCUT2D eigenvalue weighted by Crippen LogP contribution is 2.35. The number of nitrogens with one attached hydrogen (secondary N) is 1. The molecule has 1 aliphatic heterocycles. The zero-order valence-corrected chi connectivity index (χ0v) is 20.3. The molecule has 180 valence electrons. The normalized spacial score (nSPS) is 16.1. The van der Waals surface area contributed by atoms with Gasteiger partial charge in [-0.3, -0.25) is 4.99 Å². The molecule has 7 heteroatoms. The number of H-pyrrole nitrogens is 1. The summed E-state index contributed by atoms with van der Waals surface area (Å²) in [4.78, 5) is 15.1. The van der Waals surface area contributed by atoms with E-state index in [-0.39, 0.29) is 0 Å². The van der Waals surface area contributed by atoms with E-state index in [2.05, 4.69) is 70.5 Å². The molecule has 2 heterocycles. The topological polar surface area (TPSA) is 86.1 Å². The monoisotopic (exact) mass is 469 g/mol. The van der Waals surface area contributed by atoms with Gasteiger partial charge >= 0.3 is 0 Å². The van der Waals surface area contributed by atoms with E-state index in [0.717, 1.165) is 84.1 Å². The van der Waals surface area contributed by atoms with E-state index in [0.29, 0.717) is 6.61 Å². The van der Waals surface area contributed by atoms with Crippen molar-refractivity contribution in [1.29, 1.82) is 0 Å². The number of aromatic nitrogens is 2. The van der Waals surface area contributed by atoms with Crippen LogP contribution in [0.4, 0.5) is 0 Å². The molecule has 1 aliphatic carbocycles. The minimum absolute atomic E-state index is 0.698. The Morgan fingerprint density at radius 1 is 1.06 bits per heavy atom. The maximum absolute atomic E-state index is 9.29. The summed E-state index contributed by atoms with van der Waals surface area (Å²) in [6.45, 7) is 2.48. The second-order valence-electron chi connectivity index (χ2n) is 9.25. The quantitative estimate of drug-likeness (QED) is 0.274. The number of rotatable bonds is 8. The lowest BCUT2D eigenvalue weighted by Crippen LogP contribution is -2.15. The first kappa shape index (κ1) is 23.1. The van der Waals surface area contributed by atoms with Crippen molar-refractivity contribution in [2.24, 2.45) is 10.1 Å². The minimum Gasteiger partial charge on any atom is -0.494 e. The van der Waals surface area contributed by atoms with Gasteiger partial charge in [-0.05, 0) is 87.3 Å².